The number of rotatable bonds is 11. The number of nitrogens with zero attached hydrogens (tertiary/aromatic N) is 2. The van der Waals surface area contributed by atoms with Crippen molar-refractivity contribution in [2.24, 2.45) is 4.99 Å². The fraction of sp³-hybridized carbons (Fsp3) is 0.923. The van der Waals surface area contributed by atoms with Gasteiger partial charge < -0.3 is 10.2 Å². The van der Waals surface area contributed by atoms with E-state index in [1.165, 1.54) is 32.2 Å². The van der Waals surface area contributed by atoms with Gasteiger partial charge in [0.25, 0.3) is 0 Å². The number of likely N-dealkylation sites (N-methyl/N-ethyl adjacent to an activating group) is 1. The van der Waals surface area contributed by atoms with Gasteiger partial charge in [-0.2, -0.15) is 0 Å². The lowest BCUT2D eigenvalue weighted by molar-refractivity contribution is 0.292. The molecule has 16 heavy (non-hydrogen) atoms. The summed E-state index contributed by atoms with van der Waals surface area (Å²) in [5, 5.41) is 3.21. The third-order valence-corrected chi connectivity index (χ3v) is 2.68. The number of unbranched alkanes of at least 4 members (excludes halogenated alkanes) is 2. The summed E-state index contributed by atoms with van der Waals surface area (Å²) in [6.07, 6.45) is 6.90. The molecular formula is C13H29N3. The van der Waals surface area contributed by atoms with Crippen LogP contribution in [-0.4, -0.2) is 44.0 Å². The molecule has 0 bridgehead atoms. The van der Waals surface area contributed by atoms with Gasteiger partial charge in [0.05, 0.1) is 12.9 Å². The minimum atomic E-state index is 0.913. The lowest BCUT2D eigenvalue weighted by atomic mass is 10.3. The molecule has 3 heteroatoms. The van der Waals surface area contributed by atoms with Gasteiger partial charge in [-0.15, -0.1) is 0 Å². The second-order valence-corrected chi connectivity index (χ2v) is 4.13. The van der Waals surface area contributed by atoms with E-state index in [1.54, 1.807) is 0 Å². The summed E-state index contributed by atoms with van der Waals surface area (Å²) in [5.41, 5.74) is 0. The van der Waals surface area contributed by atoms with Crippen molar-refractivity contribution in [3.8, 4) is 0 Å². The first-order valence-corrected chi connectivity index (χ1v) is 6.79. The molecule has 0 saturated heterocycles. The average Bonchev–Trinajstić information content (AvgIpc) is 2.32. The summed E-state index contributed by atoms with van der Waals surface area (Å²) in [4.78, 5) is 6.83. The van der Waals surface area contributed by atoms with Gasteiger partial charge in [0.1, 0.15) is 0 Å². The largest absolute Gasteiger partial charge is 0.376 e. The first-order valence-electron chi connectivity index (χ1n) is 6.79. The summed E-state index contributed by atoms with van der Waals surface area (Å²) >= 11 is 0. The topological polar surface area (TPSA) is 27.6 Å². The molecule has 0 atom stereocenters. The van der Waals surface area contributed by atoms with Crippen LogP contribution in [0.25, 0.3) is 0 Å². The lowest BCUT2D eigenvalue weighted by Gasteiger charge is -2.18. The van der Waals surface area contributed by atoms with Gasteiger partial charge in [0, 0.05) is 13.1 Å². The molecule has 0 amide bonds. The van der Waals surface area contributed by atoms with E-state index in [2.05, 4.69) is 36.0 Å². The zero-order chi connectivity index (χ0) is 12.1. The van der Waals surface area contributed by atoms with Gasteiger partial charge in [0.15, 0.2) is 0 Å². The van der Waals surface area contributed by atoms with Gasteiger partial charge in [-0.05, 0) is 25.9 Å². The molecule has 0 aliphatic rings. The Morgan fingerprint density at radius 1 is 1.06 bits per heavy atom. The van der Waals surface area contributed by atoms with E-state index in [4.69, 9.17) is 0 Å². The Bertz CT molecular complexity index is 157. The van der Waals surface area contributed by atoms with Gasteiger partial charge in [-0.25, -0.2) is 0 Å². The summed E-state index contributed by atoms with van der Waals surface area (Å²) in [6, 6.07) is 0. The maximum Gasteiger partial charge on any atom is 0.0824 e. The highest BCUT2D eigenvalue weighted by molar-refractivity contribution is 5.53. The molecule has 0 aromatic heterocycles. The van der Waals surface area contributed by atoms with Crippen molar-refractivity contribution < 1.29 is 0 Å². The quantitative estimate of drug-likeness (QED) is 0.334. The fourth-order valence-electron chi connectivity index (χ4n) is 1.48. The van der Waals surface area contributed by atoms with Crippen molar-refractivity contribution >= 4 is 6.34 Å². The van der Waals surface area contributed by atoms with E-state index in [0.29, 0.717) is 0 Å². The predicted molar refractivity (Wildman–Crippen MR) is 73.3 cm³/mol. The van der Waals surface area contributed by atoms with E-state index in [9.17, 15) is 0 Å². The van der Waals surface area contributed by atoms with E-state index >= 15 is 0 Å². The molecule has 3 nitrogen and oxygen atoms in total. The zero-order valence-electron chi connectivity index (χ0n) is 11.3. The van der Waals surface area contributed by atoms with Gasteiger partial charge in [-0.1, -0.05) is 33.6 Å². The number of hydrogen-bond donors (Lipinski definition) is 1. The summed E-state index contributed by atoms with van der Waals surface area (Å²) in [6.45, 7) is 12.1. The van der Waals surface area contributed by atoms with Crippen LogP contribution in [-0.2, 0) is 0 Å². The SMILES string of the molecule is CCCCN/C=N/CCN(CC)CCCC. The Labute approximate surface area is 101 Å². The molecule has 0 unspecified atom stereocenters. The molecule has 0 aromatic carbocycles. The van der Waals surface area contributed by atoms with Gasteiger partial charge in [-0.3, -0.25) is 4.99 Å². The Balaban J connectivity index is 3.38. The molecular weight excluding hydrogens is 198 g/mol. The van der Waals surface area contributed by atoms with E-state index in [-0.39, 0.29) is 0 Å². The predicted octanol–water partition coefficient (Wildman–Crippen LogP) is 2.53. The number of hydrogen-bond acceptors (Lipinski definition) is 2. The smallest absolute Gasteiger partial charge is 0.0824 e. The number of aliphatic imine (C=N–C) groups is 1. The second kappa shape index (κ2) is 12.5. The molecule has 0 aliphatic heterocycles. The van der Waals surface area contributed by atoms with Crippen molar-refractivity contribution in [1.82, 2.24) is 10.2 Å². The molecule has 0 rings (SSSR count). The van der Waals surface area contributed by atoms with Crippen LogP contribution in [0.5, 0.6) is 0 Å². The molecule has 0 fully saturated rings. The molecule has 96 valence electrons. The number of nitrogens with one attached hydrogen (secondary N) is 1. The normalized spacial score (nSPS) is 11.5. The van der Waals surface area contributed by atoms with Crippen LogP contribution in [0, 0.1) is 0 Å². The van der Waals surface area contributed by atoms with Crippen LogP contribution in [0.4, 0.5) is 0 Å². The minimum Gasteiger partial charge on any atom is -0.376 e. The van der Waals surface area contributed by atoms with E-state index < -0.39 is 0 Å². The lowest BCUT2D eigenvalue weighted by Crippen LogP contribution is -2.27. The Kier molecular flexibility index (Phi) is 12.1. The summed E-state index contributed by atoms with van der Waals surface area (Å²) in [7, 11) is 0. The molecule has 0 spiro atoms. The third kappa shape index (κ3) is 9.97. The van der Waals surface area contributed by atoms with Gasteiger partial charge >= 0.3 is 0 Å². The monoisotopic (exact) mass is 227 g/mol. The first-order chi connectivity index (χ1) is 7.85. The summed E-state index contributed by atoms with van der Waals surface area (Å²) < 4.78 is 0. The fourth-order valence-corrected chi connectivity index (χ4v) is 1.48. The average molecular weight is 227 g/mol. The molecule has 0 aromatic rings. The Morgan fingerprint density at radius 2 is 1.81 bits per heavy atom. The molecule has 0 aliphatic carbocycles. The molecule has 1 N–H and O–H groups in total. The minimum absolute atomic E-state index is 0.913. The summed E-state index contributed by atoms with van der Waals surface area (Å²) in [5.74, 6) is 0. The highest BCUT2D eigenvalue weighted by atomic mass is 15.1. The van der Waals surface area contributed by atoms with Crippen LogP contribution < -0.4 is 5.32 Å². The van der Waals surface area contributed by atoms with Crippen molar-refractivity contribution in [1.29, 1.82) is 0 Å². The van der Waals surface area contributed by atoms with E-state index in [1.807, 2.05) is 6.34 Å². The Hall–Kier alpha value is -0.570. The van der Waals surface area contributed by atoms with Crippen LogP contribution in [0.15, 0.2) is 4.99 Å². The van der Waals surface area contributed by atoms with E-state index in [0.717, 1.165) is 26.2 Å². The third-order valence-electron chi connectivity index (χ3n) is 2.68. The molecule has 0 radical (unpaired) electrons. The maximum atomic E-state index is 4.36. The maximum absolute atomic E-state index is 4.36. The van der Waals surface area contributed by atoms with Crippen LogP contribution in [0.1, 0.15) is 46.5 Å². The zero-order valence-corrected chi connectivity index (χ0v) is 11.3. The van der Waals surface area contributed by atoms with Crippen LogP contribution in [0.3, 0.4) is 0 Å². The van der Waals surface area contributed by atoms with Crippen molar-refractivity contribution in [2.75, 3.05) is 32.7 Å². The first kappa shape index (κ1) is 15.4. The van der Waals surface area contributed by atoms with Gasteiger partial charge in [0.2, 0.25) is 0 Å². The van der Waals surface area contributed by atoms with Crippen molar-refractivity contribution in [2.45, 2.75) is 46.5 Å². The highest BCUT2D eigenvalue weighted by Gasteiger charge is 1.98. The van der Waals surface area contributed by atoms with Crippen molar-refractivity contribution in [3.63, 3.8) is 0 Å². The van der Waals surface area contributed by atoms with Crippen LogP contribution in [0.2, 0.25) is 0 Å². The Morgan fingerprint density at radius 3 is 2.44 bits per heavy atom. The van der Waals surface area contributed by atoms with Crippen molar-refractivity contribution in [3.05, 3.63) is 0 Å². The van der Waals surface area contributed by atoms with Crippen LogP contribution >= 0.6 is 0 Å². The second-order valence-electron chi connectivity index (χ2n) is 4.13. The highest BCUT2D eigenvalue weighted by Crippen LogP contribution is 1.94. The molecule has 0 saturated carbocycles. The standard InChI is InChI=1S/C13H29N3/c1-4-7-9-14-13-15-10-12-16(6-3)11-8-5-2/h13H,4-12H2,1-3H3,(H,14,15). The molecule has 0 heterocycles.